The van der Waals surface area contributed by atoms with Gasteiger partial charge in [0.05, 0.1) is 0 Å². The van der Waals surface area contributed by atoms with Gasteiger partial charge >= 0.3 is 0 Å². The Bertz CT molecular complexity index is 601. The van der Waals surface area contributed by atoms with Crippen LogP contribution in [0.5, 0.6) is 0 Å². The van der Waals surface area contributed by atoms with Gasteiger partial charge in [0.1, 0.15) is 0 Å². The van der Waals surface area contributed by atoms with Crippen LogP contribution >= 0.6 is 0 Å². The minimum absolute atomic E-state index is 0.152. The van der Waals surface area contributed by atoms with Gasteiger partial charge in [-0.25, -0.2) is 0 Å². The van der Waals surface area contributed by atoms with E-state index in [9.17, 15) is 4.79 Å². The van der Waals surface area contributed by atoms with E-state index in [-0.39, 0.29) is 5.91 Å². The van der Waals surface area contributed by atoms with Crippen LogP contribution < -0.4 is 9.80 Å². The van der Waals surface area contributed by atoms with Crippen molar-refractivity contribution in [3.63, 3.8) is 0 Å². The van der Waals surface area contributed by atoms with Crippen LogP contribution in [0.4, 0.5) is 11.4 Å². The fourth-order valence-corrected chi connectivity index (χ4v) is 3.98. The highest BCUT2D eigenvalue weighted by Crippen LogP contribution is 2.36. The van der Waals surface area contributed by atoms with Gasteiger partial charge in [0, 0.05) is 50.0 Å². The monoisotopic (exact) mass is 315 g/mol. The number of hydrogen-bond donors (Lipinski definition) is 0. The SMILES string of the molecule is CCc1cc2c(cc1N1C[C@@H](C)N(C)[C@@H](C)C1)N(C(C)=O)CC2. The molecule has 4 heteroatoms. The zero-order chi connectivity index (χ0) is 16.7. The Morgan fingerprint density at radius 1 is 1.17 bits per heavy atom. The van der Waals surface area contributed by atoms with Gasteiger partial charge in [-0.3, -0.25) is 9.69 Å². The van der Waals surface area contributed by atoms with E-state index in [4.69, 9.17) is 0 Å². The fraction of sp³-hybridized carbons (Fsp3) is 0.632. The lowest BCUT2D eigenvalue weighted by Crippen LogP contribution is -2.55. The Morgan fingerprint density at radius 2 is 1.83 bits per heavy atom. The second-order valence-corrected chi connectivity index (χ2v) is 7.15. The lowest BCUT2D eigenvalue weighted by molar-refractivity contribution is -0.116. The summed E-state index contributed by atoms with van der Waals surface area (Å²) in [6, 6.07) is 5.69. The van der Waals surface area contributed by atoms with Crippen molar-refractivity contribution < 1.29 is 4.79 Å². The van der Waals surface area contributed by atoms with Crippen molar-refractivity contribution in [1.29, 1.82) is 0 Å². The summed E-state index contributed by atoms with van der Waals surface area (Å²) in [6.45, 7) is 11.4. The normalized spacial score (nSPS) is 24.9. The van der Waals surface area contributed by atoms with Crippen molar-refractivity contribution >= 4 is 17.3 Å². The molecule has 0 aliphatic carbocycles. The van der Waals surface area contributed by atoms with Crippen molar-refractivity contribution in [3.8, 4) is 0 Å². The molecule has 4 nitrogen and oxygen atoms in total. The molecule has 0 spiro atoms. The van der Waals surface area contributed by atoms with Crippen molar-refractivity contribution in [2.24, 2.45) is 0 Å². The summed E-state index contributed by atoms with van der Waals surface area (Å²) in [7, 11) is 2.22. The Hall–Kier alpha value is -1.55. The highest BCUT2D eigenvalue weighted by Gasteiger charge is 2.30. The van der Waals surface area contributed by atoms with E-state index >= 15 is 0 Å². The summed E-state index contributed by atoms with van der Waals surface area (Å²) < 4.78 is 0. The number of anilines is 2. The van der Waals surface area contributed by atoms with Gasteiger partial charge < -0.3 is 9.80 Å². The van der Waals surface area contributed by atoms with E-state index < -0.39 is 0 Å². The van der Waals surface area contributed by atoms with Gasteiger partial charge in [0.25, 0.3) is 0 Å². The Balaban J connectivity index is 1.99. The van der Waals surface area contributed by atoms with E-state index in [0.29, 0.717) is 12.1 Å². The predicted molar refractivity (Wildman–Crippen MR) is 96.5 cm³/mol. The number of rotatable bonds is 2. The molecule has 2 aliphatic rings. The summed E-state index contributed by atoms with van der Waals surface area (Å²) in [5.74, 6) is 0.152. The second-order valence-electron chi connectivity index (χ2n) is 7.15. The molecule has 2 aliphatic heterocycles. The number of nitrogens with zero attached hydrogens (tertiary/aromatic N) is 3. The molecule has 1 aromatic carbocycles. The molecular weight excluding hydrogens is 286 g/mol. The number of fused-ring (bicyclic) bond motifs is 1. The topological polar surface area (TPSA) is 26.8 Å². The summed E-state index contributed by atoms with van der Waals surface area (Å²) in [5, 5.41) is 0. The van der Waals surface area contributed by atoms with Crippen LogP contribution in [0.3, 0.4) is 0 Å². The standard InChI is InChI=1S/C19H29N3O/c1-6-16-9-17-7-8-22(15(4)23)19(17)10-18(16)21-11-13(2)20(5)14(3)12-21/h9-10,13-14H,6-8,11-12H2,1-5H3/t13-,14+. The summed E-state index contributed by atoms with van der Waals surface area (Å²) >= 11 is 0. The van der Waals surface area contributed by atoms with Crippen LogP contribution in [0.15, 0.2) is 12.1 Å². The molecule has 126 valence electrons. The molecule has 1 saturated heterocycles. The molecule has 1 aromatic rings. The average Bonchev–Trinajstić information content (AvgIpc) is 2.93. The molecular formula is C19H29N3O. The molecule has 0 aromatic heterocycles. The maximum absolute atomic E-state index is 11.9. The van der Waals surface area contributed by atoms with Crippen LogP contribution in [0.1, 0.15) is 38.8 Å². The van der Waals surface area contributed by atoms with Gasteiger partial charge in [-0.1, -0.05) is 13.0 Å². The van der Waals surface area contributed by atoms with Gasteiger partial charge in [-0.15, -0.1) is 0 Å². The zero-order valence-corrected chi connectivity index (χ0v) is 15.1. The molecule has 0 N–H and O–H groups in total. The van der Waals surface area contributed by atoms with E-state index in [1.807, 2.05) is 4.90 Å². The van der Waals surface area contributed by atoms with Crippen LogP contribution in [0, 0.1) is 0 Å². The highest BCUT2D eigenvalue weighted by atomic mass is 16.2. The summed E-state index contributed by atoms with van der Waals surface area (Å²) in [5.41, 5.74) is 5.20. The number of amides is 1. The number of carbonyl (C=O) groups is 1. The van der Waals surface area contributed by atoms with E-state index in [0.717, 1.165) is 38.2 Å². The lowest BCUT2D eigenvalue weighted by Gasteiger charge is -2.44. The molecule has 2 atom stereocenters. The number of carbonyl (C=O) groups excluding carboxylic acids is 1. The van der Waals surface area contributed by atoms with Gasteiger partial charge in [0.15, 0.2) is 0 Å². The van der Waals surface area contributed by atoms with Crippen LogP contribution in [-0.2, 0) is 17.6 Å². The van der Waals surface area contributed by atoms with Crippen molar-refractivity contribution in [1.82, 2.24) is 4.90 Å². The molecule has 0 bridgehead atoms. The molecule has 1 fully saturated rings. The summed E-state index contributed by atoms with van der Waals surface area (Å²) in [6.07, 6.45) is 2.02. The first-order valence-electron chi connectivity index (χ1n) is 8.83. The van der Waals surface area contributed by atoms with Crippen LogP contribution in [-0.4, -0.2) is 49.6 Å². The molecule has 23 heavy (non-hydrogen) atoms. The molecule has 0 radical (unpaired) electrons. The largest absolute Gasteiger partial charge is 0.368 e. The molecule has 0 saturated carbocycles. The first-order valence-corrected chi connectivity index (χ1v) is 8.83. The van der Waals surface area contributed by atoms with Gasteiger partial charge in [-0.2, -0.15) is 0 Å². The third-order valence-corrected chi connectivity index (χ3v) is 5.64. The Labute approximate surface area is 140 Å². The smallest absolute Gasteiger partial charge is 0.223 e. The molecule has 1 amide bonds. The third-order valence-electron chi connectivity index (χ3n) is 5.64. The van der Waals surface area contributed by atoms with Gasteiger partial charge in [0.2, 0.25) is 5.91 Å². The van der Waals surface area contributed by atoms with Crippen molar-refractivity contribution in [2.45, 2.75) is 52.6 Å². The van der Waals surface area contributed by atoms with Crippen LogP contribution in [0.2, 0.25) is 0 Å². The predicted octanol–water partition coefficient (Wildman–Crippen LogP) is 2.69. The average molecular weight is 315 g/mol. The number of benzene rings is 1. The lowest BCUT2D eigenvalue weighted by atomic mass is 10.0. The maximum atomic E-state index is 11.9. The molecule has 2 heterocycles. The number of hydrogen-bond acceptors (Lipinski definition) is 3. The number of piperazine rings is 1. The maximum Gasteiger partial charge on any atom is 0.223 e. The molecule has 3 rings (SSSR count). The molecule has 0 unspecified atom stereocenters. The zero-order valence-electron chi connectivity index (χ0n) is 15.1. The van der Waals surface area contributed by atoms with Crippen LogP contribution in [0.25, 0.3) is 0 Å². The number of likely N-dealkylation sites (N-methyl/N-ethyl adjacent to an activating group) is 1. The third kappa shape index (κ3) is 2.85. The summed E-state index contributed by atoms with van der Waals surface area (Å²) in [4.78, 5) is 18.8. The quantitative estimate of drug-likeness (QED) is 0.839. The van der Waals surface area contributed by atoms with E-state index in [2.05, 4.69) is 49.8 Å². The minimum atomic E-state index is 0.152. The van der Waals surface area contributed by atoms with E-state index in [1.54, 1.807) is 6.92 Å². The van der Waals surface area contributed by atoms with Crippen molar-refractivity contribution in [3.05, 3.63) is 23.3 Å². The first-order chi connectivity index (χ1) is 10.9. The Morgan fingerprint density at radius 3 is 2.39 bits per heavy atom. The fourth-order valence-electron chi connectivity index (χ4n) is 3.98. The first kappa shape index (κ1) is 16.3. The van der Waals surface area contributed by atoms with Crippen molar-refractivity contribution in [2.75, 3.05) is 36.5 Å². The highest BCUT2D eigenvalue weighted by molar-refractivity contribution is 5.94. The minimum Gasteiger partial charge on any atom is -0.368 e. The second kappa shape index (κ2) is 6.16. The van der Waals surface area contributed by atoms with Gasteiger partial charge in [-0.05, 0) is 50.9 Å². The Kier molecular flexibility index (Phi) is 4.37. The van der Waals surface area contributed by atoms with E-state index in [1.165, 1.54) is 16.8 Å². The number of aryl methyl sites for hydroxylation is 1.